The Labute approximate surface area is 145 Å². The summed E-state index contributed by atoms with van der Waals surface area (Å²) in [6.07, 6.45) is 8.53. The summed E-state index contributed by atoms with van der Waals surface area (Å²) in [7, 11) is 0. The van der Waals surface area contributed by atoms with Crippen LogP contribution in [-0.4, -0.2) is 11.3 Å². The molecule has 0 saturated carbocycles. The SMILES string of the molecule is C\C=C/C=C\C(=N\C(C)(C)CC)C(C)(C)c1c(C)cc(F)cc1F. The smallest absolute Gasteiger partial charge is 0.130 e. The molecule has 0 heterocycles. The van der Waals surface area contributed by atoms with Crippen molar-refractivity contribution in [2.24, 2.45) is 4.99 Å². The Bertz CT molecular complexity index is 641. The van der Waals surface area contributed by atoms with Crippen molar-refractivity contribution in [3.63, 3.8) is 0 Å². The fourth-order valence-corrected chi connectivity index (χ4v) is 2.67. The molecule has 0 N–H and O–H groups in total. The van der Waals surface area contributed by atoms with E-state index >= 15 is 0 Å². The lowest BCUT2D eigenvalue weighted by atomic mass is 9.76. The maximum absolute atomic E-state index is 14.5. The first kappa shape index (κ1) is 20.3. The highest BCUT2D eigenvalue weighted by Crippen LogP contribution is 2.33. The van der Waals surface area contributed by atoms with Crippen molar-refractivity contribution in [2.45, 2.75) is 65.8 Å². The lowest BCUT2D eigenvalue weighted by Crippen LogP contribution is -2.33. The molecule has 24 heavy (non-hydrogen) atoms. The van der Waals surface area contributed by atoms with Gasteiger partial charge < -0.3 is 0 Å². The fourth-order valence-electron chi connectivity index (χ4n) is 2.67. The van der Waals surface area contributed by atoms with Gasteiger partial charge in [0, 0.05) is 22.8 Å². The van der Waals surface area contributed by atoms with E-state index < -0.39 is 17.0 Å². The van der Waals surface area contributed by atoms with Crippen molar-refractivity contribution in [1.29, 1.82) is 0 Å². The van der Waals surface area contributed by atoms with Gasteiger partial charge in [-0.05, 0) is 51.8 Å². The van der Waals surface area contributed by atoms with E-state index in [1.165, 1.54) is 6.07 Å². The third kappa shape index (κ3) is 4.86. The van der Waals surface area contributed by atoms with Crippen LogP contribution in [-0.2, 0) is 5.41 Å². The number of hydrogen-bond acceptors (Lipinski definition) is 1. The molecule has 0 fully saturated rings. The number of aryl methyl sites for hydroxylation is 1. The lowest BCUT2D eigenvalue weighted by molar-refractivity contribution is 0.494. The van der Waals surface area contributed by atoms with Gasteiger partial charge in [-0.1, -0.05) is 39.0 Å². The molecule has 0 unspecified atom stereocenters. The monoisotopic (exact) mass is 333 g/mol. The summed E-state index contributed by atoms with van der Waals surface area (Å²) < 4.78 is 28.0. The van der Waals surface area contributed by atoms with Gasteiger partial charge in [-0.3, -0.25) is 4.99 Å². The second kappa shape index (κ2) is 7.87. The van der Waals surface area contributed by atoms with Crippen molar-refractivity contribution in [3.8, 4) is 0 Å². The number of allylic oxidation sites excluding steroid dienone is 4. The van der Waals surface area contributed by atoms with Gasteiger partial charge in [-0.2, -0.15) is 0 Å². The van der Waals surface area contributed by atoms with E-state index in [0.717, 1.165) is 18.2 Å². The van der Waals surface area contributed by atoms with Crippen molar-refractivity contribution < 1.29 is 8.78 Å². The third-order valence-corrected chi connectivity index (χ3v) is 4.36. The predicted molar refractivity (Wildman–Crippen MR) is 99.9 cm³/mol. The van der Waals surface area contributed by atoms with Crippen LogP contribution in [0.2, 0.25) is 0 Å². The number of halogens is 2. The molecule has 0 aromatic heterocycles. The average molecular weight is 333 g/mol. The predicted octanol–water partition coefficient (Wildman–Crippen LogP) is 6.31. The first-order valence-corrected chi connectivity index (χ1v) is 8.41. The summed E-state index contributed by atoms with van der Waals surface area (Å²) in [6.45, 7) is 13.7. The Morgan fingerprint density at radius 3 is 2.25 bits per heavy atom. The number of nitrogens with zero attached hydrogens (tertiary/aromatic N) is 1. The molecular weight excluding hydrogens is 304 g/mol. The molecule has 1 nitrogen and oxygen atoms in total. The molecule has 1 aromatic rings. The quantitative estimate of drug-likeness (QED) is 0.427. The molecule has 132 valence electrons. The number of rotatable bonds is 6. The Hall–Kier alpha value is -1.77. The molecule has 0 atom stereocenters. The van der Waals surface area contributed by atoms with E-state index in [1.54, 1.807) is 6.92 Å². The molecule has 1 aromatic carbocycles. The minimum Gasteiger partial charge on any atom is -0.283 e. The largest absolute Gasteiger partial charge is 0.283 e. The van der Waals surface area contributed by atoms with E-state index in [0.29, 0.717) is 11.1 Å². The van der Waals surface area contributed by atoms with Gasteiger partial charge >= 0.3 is 0 Å². The van der Waals surface area contributed by atoms with Crippen LogP contribution < -0.4 is 0 Å². The van der Waals surface area contributed by atoms with Gasteiger partial charge in [0.15, 0.2) is 0 Å². The standard InChI is InChI=1S/C21H29F2N/c1-8-10-11-12-18(24-20(4,5)9-2)21(6,7)19-15(3)13-16(22)14-17(19)23/h8,10-14H,9H2,1-7H3/b10-8-,12-11-,24-18-. The Kier molecular flexibility index (Phi) is 6.65. The van der Waals surface area contributed by atoms with Crippen LogP contribution in [0.25, 0.3) is 0 Å². The van der Waals surface area contributed by atoms with E-state index in [1.807, 2.05) is 45.1 Å². The molecule has 0 radical (unpaired) electrons. The molecule has 0 spiro atoms. The summed E-state index contributed by atoms with van der Waals surface area (Å²) in [6, 6.07) is 2.32. The second-order valence-electron chi connectivity index (χ2n) is 7.25. The fraction of sp³-hybridized carbons (Fsp3) is 0.476. The number of aliphatic imine (C=N–C) groups is 1. The maximum atomic E-state index is 14.5. The highest BCUT2D eigenvalue weighted by atomic mass is 19.1. The second-order valence-corrected chi connectivity index (χ2v) is 7.25. The topological polar surface area (TPSA) is 12.4 Å². The molecule has 0 aliphatic rings. The van der Waals surface area contributed by atoms with Crippen LogP contribution in [0.3, 0.4) is 0 Å². The van der Waals surface area contributed by atoms with Gasteiger partial charge in [0.1, 0.15) is 11.6 Å². The highest BCUT2D eigenvalue weighted by Gasteiger charge is 2.32. The molecule has 0 aliphatic heterocycles. The molecule has 3 heteroatoms. The van der Waals surface area contributed by atoms with E-state index in [4.69, 9.17) is 4.99 Å². The van der Waals surface area contributed by atoms with Crippen molar-refractivity contribution in [2.75, 3.05) is 0 Å². The van der Waals surface area contributed by atoms with Gasteiger partial charge in [-0.25, -0.2) is 8.78 Å². The Balaban J connectivity index is 3.56. The zero-order chi connectivity index (χ0) is 18.5. The highest BCUT2D eigenvalue weighted by molar-refractivity contribution is 6.03. The molecule has 1 rings (SSSR count). The Morgan fingerprint density at radius 1 is 1.12 bits per heavy atom. The van der Waals surface area contributed by atoms with E-state index in [-0.39, 0.29) is 5.54 Å². The van der Waals surface area contributed by atoms with Gasteiger partial charge in [0.25, 0.3) is 0 Å². The summed E-state index contributed by atoms with van der Waals surface area (Å²) >= 11 is 0. The van der Waals surface area contributed by atoms with E-state index in [9.17, 15) is 8.78 Å². The summed E-state index contributed by atoms with van der Waals surface area (Å²) in [4.78, 5) is 4.89. The number of benzene rings is 1. The first-order chi connectivity index (χ1) is 11.0. The third-order valence-electron chi connectivity index (χ3n) is 4.36. The molecule has 0 saturated heterocycles. The lowest BCUT2D eigenvalue weighted by Gasteiger charge is -2.31. The minimum atomic E-state index is -0.674. The zero-order valence-electron chi connectivity index (χ0n) is 15.9. The van der Waals surface area contributed by atoms with Gasteiger partial charge in [-0.15, -0.1) is 0 Å². The minimum absolute atomic E-state index is 0.253. The molecule has 0 aliphatic carbocycles. The Morgan fingerprint density at radius 2 is 1.75 bits per heavy atom. The van der Waals surface area contributed by atoms with E-state index in [2.05, 4.69) is 20.8 Å². The van der Waals surface area contributed by atoms with Crippen LogP contribution in [0.5, 0.6) is 0 Å². The van der Waals surface area contributed by atoms with Crippen LogP contribution in [0.4, 0.5) is 8.78 Å². The van der Waals surface area contributed by atoms with Gasteiger partial charge in [0.05, 0.1) is 5.54 Å². The normalized spacial score (nSPS) is 14.1. The van der Waals surface area contributed by atoms with Crippen molar-refractivity contribution >= 4 is 5.71 Å². The van der Waals surface area contributed by atoms with Crippen LogP contribution >= 0.6 is 0 Å². The van der Waals surface area contributed by atoms with Crippen LogP contribution in [0.1, 0.15) is 59.1 Å². The van der Waals surface area contributed by atoms with Crippen LogP contribution in [0, 0.1) is 18.6 Å². The summed E-state index contributed by atoms with van der Waals surface area (Å²) in [5, 5.41) is 0. The van der Waals surface area contributed by atoms with Crippen LogP contribution in [0.15, 0.2) is 41.4 Å². The summed E-state index contributed by atoms with van der Waals surface area (Å²) in [5.74, 6) is -1.08. The molecule has 0 amide bonds. The average Bonchev–Trinajstić information content (AvgIpc) is 2.44. The van der Waals surface area contributed by atoms with Gasteiger partial charge in [0.2, 0.25) is 0 Å². The maximum Gasteiger partial charge on any atom is 0.130 e. The van der Waals surface area contributed by atoms with Crippen molar-refractivity contribution in [3.05, 3.63) is 59.2 Å². The molecule has 0 bridgehead atoms. The number of hydrogen-bond donors (Lipinski definition) is 0. The first-order valence-electron chi connectivity index (χ1n) is 8.41. The molecular formula is C21H29F2N. The zero-order valence-corrected chi connectivity index (χ0v) is 15.9. The summed E-state index contributed by atoms with van der Waals surface area (Å²) in [5.41, 5.74) is 0.934. The van der Waals surface area contributed by atoms with Crippen molar-refractivity contribution in [1.82, 2.24) is 0 Å².